The van der Waals surface area contributed by atoms with Crippen molar-refractivity contribution >= 4 is 23.4 Å². The zero-order chi connectivity index (χ0) is 14.8. The molecule has 0 aromatic carbocycles. The van der Waals surface area contributed by atoms with Crippen LogP contribution in [0.5, 0.6) is 0 Å². The molecular formula is C14H17ClN4O2. The van der Waals surface area contributed by atoms with E-state index in [-0.39, 0.29) is 12.0 Å². The first-order chi connectivity index (χ1) is 10.2. The number of ether oxygens (including phenoxy) is 1. The molecular weight excluding hydrogens is 292 g/mol. The Morgan fingerprint density at radius 3 is 3.00 bits per heavy atom. The van der Waals surface area contributed by atoms with Crippen LogP contribution in [0.3, 0.4) is 0 Å². The van der Waals surface area contributed by atoms with E-state index in [9.17, 15) is 0 Å². The third kappa shape index (κ3) is 2.96. The molecule has 0 unspecified atom stereocenters. The van der Waals surface area contributed by atoms with Crippen molar-refractivity contribution < 1.29 is 9.15 Å². The molecule has 0 saturated carbocycles. The lowest BCUT2D eigenvalue weighted by atomic mass is 10.1. The molecule has 2 aromatic rings. The van der Waals surface area contributed by atoms with Gasteiger partial charge in [-0.15, -0.1) is 0 Å². The average molecular weight is 309 g/mol. The maximum absolute atomic E-state index is 5.98. The number of aromatic nitrogens is 2. The van der Waals surface area contributed by atoms with Crippen molar-refractivity contribution in [2.45, 2.75) is 19.4 Å². The van der Waals surface area contributed by atoms with Gasteiger partial charge in [0.1, 0.15) is 28.5 Å². The van der Waals surface area contributed by atoms with Crippen LogP contribution >= 0.6 is 11.6 Å². The molecule has 7 heteroatoms. The number of rotatable bonds is 3. The Morgan fingerprint density at radius 1 is 1.43 bits per heavy atom. The number of anilines is 2. The van der Waals surface area contributed by atoms with Gasteiger partial charge in [0.25, 0.3) is 0 Å². The molecule has 0 bridgehead atoms. The Hall–Kier alpha value is -1.79. The minimum absolute atomic E-state index is 0.0376. The lowest BCUT2D eigenvalue weighted by Gasteiger charge is -2.35. The molecule has 1 fully saturated rings. The second kappa shape index (κ2) is 5.91. The Balaban J connectivity index is 1.93. The lowest BCUT2D eigenvalue weighted by Crippen LogP contribution is -2.40. The van der Waals surface area contributed by atoms with Crippen molar-refractivity contribution in [1.82, 2.24) is 9.97 Å². The summed E-state index contributed by atoms with van der Waals surface area (Å²) in [5, 5.41) is 0.330. The first kappa shape index (κ1) is 14.2. The minimum atomic E-state index is -0.0376. The first-order valence-electron chi connectivity index (χ1n) is 6.90. The van der Waals surface area contributed by atoms with Crippen LogP contribution in [0.15, 0.2) is 22.6 Å². The molecule has 3 rings (SSSR count). The van der Waals surface area contributed by atoms with Gasteiger partial charge in [0.05, 0.1) is 13.2 Å². The van der Waals surface area contributed by atoms with Gasteiger partial charge in [-0.1, -0.05) is 18.5 Å². The maximum atomic E-state index is 5.98. The molecule has 21 heavy (non-hydrogen) atoms. The SMILES string of the molecule is CCc1ccc([C@@H]2COCCN2c2cc(Cl)nc(N)n2)o1. The Kier molecular flexibility index (Phi) is 3.98. The second-order valence-corrected chi connectivity index (χ2v) is 5.24. The van der Waals surface area contributed by atoms with Crippen LogP contribution in [0, 0.1) is 0 Å². The zero-order valence-electron chi connectivity index (χ0n) is 11.8. The predicted octanol–water partition coefficient (Wildman–Crippen LogP) is 2.45. The number of hydrogen-bond acceptors (Lipinski definition) is 6. The average Bonchev–Trinajstić information content (AvgIpc) is 2.95. The van der Waals surface area contributed by atoms with E-state index in [4.69, 9.17) is 26.5 Å². The number of halogens is 1. The van der Waals surface area contributed by atoms with Crippen LogP contribution in [0.2, 0.25) is 5.15 Å². The Bertz CT molecular complexity index is 611. The smallest absolute Gasteiger partial charge is 0.223 e. The van der Waals surface area contributed by atoms with Crippen molar-refractivity contribution in [1.29, 1.82) is 0 Å². The van der Waals surface area contributed by atoms with Crippen LogP contribution in [0.1, 0.15) is 24.5 Å². The highest BCUT2D eigenvalue weighted by Gasteiger charge is 2.28. The number of nitrogens with two attached hydrogens (primary N) is 1. The van der Waals surface area contributed by atoms with Gasteiger partial charge in [-0.2, -0.15) is 4.98 Å². The molecule has 6 nitrogen and oxygen atoms in total. The fraction of sp³-hybridized carbons (Fsp3) is 0.429. The van der Waals surface area contributed by atoms with Crippen LogP contribution in [0.4, 0.5) is 11.8 Å². The number of nitrogens with zero attached hydrogens (tertiary/aromatic N) is 3. The van der Waals surface area contributed by atoms with Gasteiger partial charge in [-0.3, -0.25) is 0 Å². The summed E-state index contributed by atoms with van der Waals surface area (Å²) < 4.78 is 11.4. The molecule has 1 saturated heterocycles. The van der Waals surface area contributed by atoms with Gasteiger partial charge in [-0.25, -0.2) is 4.98 Å². The molecule has 0 aliphatic carbocycles. The van der Waals surface area contributed by atoms with E-state index >= 15 is 0 Å². The summed E-state index contributed by atoms with van der Waals surface area (Å²) in [6.07, 6.45) is 0.861. The molecule has 3 heterocycles. The van der Waals surface area contributed by atoms with Gasteiger partial charge in [0, 0.05) is 19.0 Å². The summed E-state index contributed by atoms with van der Waals surface area (Å²) in [7, 11) is 0. The van der Waals surface area contributed by atoms with Gasteiger partial charge in [0.2, 0.25) is 5.95 Å². The van der Waals surface area contributed by atoms with E-state index < -0.39 is 0 Å². The van der Waals surface area contributed by atoms with E-state index in [0.29, 0.717) is 30.7 Å². The minimum Gasteiger partial charge on any atom is -0.464 e. The quantitative estimate of drug-likeness (QED) is 0.878. The van der Waals surface area contributed by atoms with Crippen molar-refractivity contribution in [3.05, 3.63) is 34.9 Å². The Labute approximate surface area is 127 Å². The van der Waals surface area contributed by atoms with Gasteiger partial charge < -0.3 is 19.8 Å². The molecule has 0 amide bonds. The fourth-order valence-corrected chi connectivity index (χ4v) is 2.63. The highest BCUT2D eigenvalue weighted by Crippen LogP contribution is 2.31. The summed E-state index contributed by atoms with van der Waals surface area (Å²) >= 11 is 5.98. The van der Waals surface area contributed by atoms with E-state index in [1.165, 1.54) is 0 Å². The molecule has 1 aliphatic rings. The topological polar surface area (TPSA) is 77.4 Å². The molecule has 0 spiro atoms. The van der Waals surface area contributed by atoms with Crippen molar-refractivity contribution in [2.75, 3.05) is 30.4 Å². The molecule has 0 radical (unpaired) electrons. The molecule has 1 aliphatic heterocycles. The molecule has 2 N–H and O–H groups in total. The highest BCUT2D eigenvalue weighted by atomic mass is 35.5. The first-order valence-corrected chi connectivity index (χ1v) is 7.28. The number of morpholine rings is 1. The monoisotopic (exact) mass is 308 g/mol. The lowest BCUT2D eigenvalue weighted by molar-refractivity contribution is 0.0869. The summed E-state index contributed by atoms with van der Waals surface area (Å²) in [6, 6.07) is 5.64. The van der Waals surface area contributed by atoms with E-state index in [1.807, 2.05) is 12.1 Å². The van der Waals surface area contributed by atoms with E-state index in [0.717, 1.165) is 17.9 Å². The molecule has 1 atom stereocenters. The Morgan fingerprint density at radius 2 is 2.29 bits per heavy atom. The van der Waals surface area contributed by atoms with Gasteiger partial charge in [0.15, 0.2) is 0 Å². The standard InChI is InChI=1S/C14H17ClN4O2/c1-2-9-3-4-11(21-9)10-8-20-6-5-19(10)13-7-12(15)17-14(16)18-13/h3-4,7,10H,2,5-6,8H2,1H3,(H2,16,17,18)/t10-/m0/s1. The van der Waals surface area contributed by atoms with Crippen LogP contribution in [-0.4, -0.2) is 29.7 Å². The molecule has 112 valence electrons. The van der Waals surface area contributed by atoms with Crippen molar-refractivity contribution in [3.8, 4) is 0 Å². The van der Waals surface area contributed by atoms with Crippen LogP contribution in [0.25, 0.3) is 0 Å². The number of aryl methyl sites for hydroxylation is 1. The predicted molar refractivity (Wildman–Crippen MR) is 80.4 cm³/mol. The molecule has 2 aromatic heterocycles. The number of hydrogen-bond donors (Lipinski definition) is 1. The van der Waals surface area contributed by atoms with Crippen molar-refractivity contribution in [3.63, 3.8) is 0 Å². The second-order valence-electron chi connectivity index (χ2n) is 4.85. The third-order valence-electron chi connectivity index (χ3n) is 3.48. The van der Waals surface area contributed by atoms with Gasteiger partial charge >= 0.3 is 0 Å². The number of furan rings is 1. The van der Waals surface area contributed by atoms with E-state index in [1.54, 1.807) is 6.07 Å². The fourth-order valence-electron chi connectivity index (χ4n) is 2.45. The largest absolute Gasteiger partial charge is 0.464 e. The van der Waals surface area contributed by atoms with Crippen LogP contribution in [-0.2, 0) is 11.2 Å². The summed E-state index contributed by atoms with van der Waals surface area (Å²) in [6.45, 7) is 3.92. The maximum Gasteiger partial charge on any atom is 0.223 e. The third-order valence-corrected chi connectivity index (χ3v) is 3.67. The summed E-state index contributed by atoms with van der Waals surface area (Å²) in [4.78, 5) is 10.3. The summed E-state index contributed by atoms with van der Waals surface area (Å²) in [5.74, 6) is 2.67. The zero-order valence-corrected chi connectivity index (χ0v) is 12.5. The van der Waals surface area contributed by atoms with E-state index in [2.05, 4.69) is 21.8 Å². The van der Waals surface area contributed by atoms with Gasteiger partial charge in [-0.05, 0) is 12.1 Å². The number of nitrogen functional groups attached to an aromatic ring is 1. The highest BCUT2D eigenvalue weighted by molar-refractivity contribution is 6.29. The van der Waals surface area contributed by atoms with Crippen molar-refractivity contribution in [2.24, 2.45) is 0 Å². The normalized spacial score (nSPS) is 19.0. The van der Waals surface area contributed by atoms with Crippen LogP contribution < -0.4 is 10.6 Å². The summed E-state index contributed by atoms with van der Waals surface area (Å²) in [5.41, 5.74) is 5.69.